The molecular formula is C12H13N3O2. The van der Waals surface area contributed by atoms with E-state index in [4.69, 9.17) is 5.73 Å². The number of benzene rings is 1. The number of amides is 3. The molecule has 5 nitrogen and oxygen atoms in total. The molecule has 2 fully saturated rings. The molecule has 3 rings (SSSR count). The van der Waals surface area contributed by atoms with Gasteiger partial charge in [0.25, 0.3) is 5.91 Å². The van der Waals surface area contributed by atoms with Gasteiger partial charge in [0, 0.05) is 11.7 Å². The van der Waals surface area contributed by atoms with E-state index in [2.05, 4.69) is 0 Å². The lowest BCUT2D eigenvalue weighted by molar-refractivity contribution is -0.116. The number of hydrogen-bond donors (Lipinski definition) is 1. The fraction of sp³-hybridized carbons (Fsp3) is 0.333. The molecule has 0 spiro atoms. The number of urea groups is 1. The van der Waals surface area contributed by atoms with Crippen LogP contribution >= 0.6 is 0 Å². The van der Waals surface area contributed by atoms with Crippen molar-refractivity contribution in [3.05, 3.63) is 24.3 Å². The number of carbonyl (C=O) groups excluding carboxylic acids is 2. The molecule has 5 heteroatoms. The molecule has 17 heavy (non-hydrogen) atoms. The summed E-state index contributed by atoms with van der Waals surface area (Å²) in [6.07, 6.45) is 2.02. The minimum atomic E-state index is -0.206. The van der Waals surface area contributed by atoms with Gasteiger partial charge >= 0.3 is 6.03 Å². The van der Waals surface area contributed by atoms with Crippen LogP contribution in [0.5, 0.6) is 0 Å². The third kappa shape index (κ3) is 1.63. The van der Waals surface area contributed by atoms with Crippen LogP contribution < -0.4 is 10.6 Å². The third-order valence-corrected chi connectivity index (χ3v) is 3.13. The zero-order valence-electron chi connectivity index (χ0n) is 9.30. The molecule has 1 aromatic carbocycles. The predicted octanol–water partition coefficient (Wildman–Crippen LogP) is 1.20. The number of rotatable bonds is 2. The zero-order valence-corrected chi connectivity index (χ0v) is 9.30. The molecule has 1 saturated carbocycles. The Morgan fingerprint density at radius 2 is 1.76 bits per heavy atom. The Bertz CT molecular complexity index is 479. The Labute approximate surface area is 98.8 Å². The number of hydrogen-bond acceptors (Lipinski definition) is 3. The molecule has 2 aliphatic rings. The Morgan fingerprint density at radius 3 is 2.35 bits per heavy atom. The highest BCUT2D eigenvalue weighted by Crippen LogP contribution is 2.32. The summed E-state index contributed by atoms with van der Waals surface area (Å²) in [7, 11) is 0. The minimum Gasteiger partial charge on any atom is -0.399 e. The van der Waals surface area contributed by atoms with Crippen LogP contribution in [0.4, 0.5) is 16.2 Å². The van der Waals surface area contributed by atoms with Crippen molar-refractivity contribution in [1.29, 1.82) is 0 Å². The van der Waals surface area contributed by atoms with E-state index in [-0.39, 0.29) is 24.5 Å². The molecule has 2 N–H and O–H groups in total. The van der Waals surface area contributed by atoms with E-state index in [0.717, 1.165) is 12.8 Å². The van der Waals surface area contributed by atoms with Gasteiger partial charge in [-0.25, -0.2) is 9.69 Å². The van der Waals surface area contributed by atoms with Crippen molar-refractivity contribution in [2.45, 2.75) is 18.9 Å². The maximum absolute atomic E-state index is 12.1. The predicted molar refractivity (Wildman–Crippen MR) is 63.5 cm³/mol. The second-order valence-corrected chi connectivity index (χ2v) is 4.46. The van der Waals surface area contributed by atoms with Crippen LogP contribution in [0.2, 0.25) is 0 Å². The number of nitrogens with zero attached hydrogens (tertiary/aromatic N) is 2. The largest absolute Gasteiger partial charge is 0.399 e. The fourth-order valence-electron chi connectivity index (χ4n) is 2.07. The van der Waals surface area contributed by atoms with Crippen molar-refractivity contribution in [3.8, 4) is 0 Å². The first-order valence-electron chi connectivity index (χ1n) is 5.66. The average Bonchev–Trinajstić information content (AvgIpc) is 3.09. The van der Waals surface area contributed by atoms with Gasteiger partial charge < -0.3 is 10.6 Å². The van der Waals surface area contributed by atoms with Crippen LogP contribution in [0.25, 0.3) is 0 Å². The van der Waals surface area contributed by atoms with E-state index in [1.165, 1.54) is 4.90 Å². The van der Waals surface area contributed by atoms with Crippen LogP contribution in [0.1, 0.15) is 12.8 Å². The summed E-state index contributed by atoms with van der Waals surface area (Å²) in [5.74, 6) is -0.160. The van der Waals surface area contributed by atoms with Crippen molar-refractivity contribution < 1.29 is 9.59 Å². The van der Waals surface area contributed by atoms with Gasteiger partial charge in [0.2, 0.25) is 0 Å². The molecule has 0 atom stereocenters. The van der Waals surface area contributed by atoms with Crippen molar-refractivity contribution >= 4 is 23.3 Å². The Hall–Kier alpha value is -2.04. The lowest BCUT2D eigenvalue weighted by atomic mass is 10.2. The molecule has 0 unspecified atom stereocenters. The van der Waals surface area contributed by atoms with Crippen LogP contribution in [0.15, 0.2) is 24.3 Å². The number of nitrogen functional groups attached to an aromatic ring is 1. The van der Waals surface area contributed by atoms with Gasteiger partial charge in [-0.3, -0.25) is 4.79 Å². The molecule has 88 valence electrons. The molecule has 1 aliphatic heterocycles. The van der Waals surface area contributed by atoms with Crippen LogP contribution in [-0.2, 0) is 4.79 Å². The molecule has 1 heterocycles. The van der Waals surface area contributed by atoms with E-state index in [9.17, 15) is 9.59 Å². The quantitative estimate of drug-likeness (QED) is 0.614. The first kappa shape index (κ1) is 10.1. The standard InChI is InChI=1S/C12H13N3O2/c13-8-1-3-10(4-2-8)15-11(16)7-14(12(15)17)9-5-6-9/h1-4,9H,5-7,13H2. The van der Waals surface area contributed by atoms with Crippen molar-refractivity contribution in [2.75, 3.05) is 17.2 Å². The van der Waals surface area contributed by atoms with Crippen LogP contribution in [0.3, 0.4) is 0 Å². The van der Waals surface area contributed by atoms with Gasteiger partial charge in [-0.1, -0.05) is 0 Å². The number of imide groups is 1. The molecule has 1 saturated heterocycles. The Morgan fingerprint density at radius 1 is 1.12 bits per heavy atom. The van der Waals surface area contributed by atoms with Crippen LogP contribution in [0, 0.1) is 0 Å². The Balaban J connectivity index is 1.89. The number of carbonyl (C=O) groups is 2. The molecule has 3 amide bonds. The summed E-state index contributed by atoms with van der Waals surface area (Å²) in [4.78, 5) is 26.8. The first-order valence-corrected chi connectivity index (χ1v) is 5.66. The summed E-state index contributed by atoms with van der Waals surface area (Å²) in [5.41, 5.74) is 6.79. The summed E-state index contributed by atoms with van der Waals surface area (Å²) in [5, 5.41) is 0. The summed E-state index contributed by atoms with van der Waals surface area (Å²) < 4.78 is 0. The number of anilines is 2. The van der Waals surface area contributed by atoms with Crippen molar-refractivity contribution in [2.24, 2.45) is 0 Å². The maximum Gasteiger partial charge on any atom is 0.332 e. The second kappa shape index (κ2) is 3.48. The van der Waals surface area contributed by atoms with E-state index in [1.807, 2.05) is 0 Å². The highest BCUT2D eigenvalue weighted by molar-refractivity contribution is 6.20. The lowest BCUT2D eigenvalue weighted by Gasteiger charge is -2.16. The van der Waals surface area contributed by atoms with E-state index < -0.39 is 0 Å². The van der Waals surface area contributed by atoms with Gasteiger partial charge in [-0.05, 0) is 37.1 Å². The first-order chi connectivity index (χ1) is 8.16. The zero-order chi connectivity index (χ0) is 12.0. The van der Waals surface area contributed by atoms with Gasteiger partial charge in [0.05, 0.1) is 5.69 Å². The molecule has 1 aliphatic carbocycles. The minimum absolute atomic E-state index is 0.160. The summed E-state index contributed by atoms with van der Waals surface area (Å²) >= 11 is 0. The summed E-state index contributed by atoms with van der Waals surface area (Å²) in [6.45, 7) is 0.202. The molecule has 0 aromatic heterocycles. The maximum atomic E-state index is 12.1. The van der Waals surface area contributed by atoms with Gasteiger partial charge in [0.1, 0.15) is 6.54 Å². The van der Waals surface area contributed by atoms with Crippen LogP contribution in [-0.4, -0.2) is 29.4 Å². The lowest BCUT2D eigenvalue weighted by Crippen LogP contribution is -2.34. The average molecular weight is 231 g/mol. The normalized spacial score (nSPS) is 20.2. The van der Waals surface area contributed by atoms with Gasteiger partial charge in [-0.2, -0.15) is 0 Å². The summed E-state index contributed by atoms with van der Waals surface area (Å²) in [6, 6.07) is 6.83. The number of nitrogens with two attached hydrogens (primary N) is 1. The van der Waals surface area contributed by atoms with Gasteiger partial charge in [0.15, 0.2) is 0 Å². The smallest absolute Gasteiger partial charge is 0.332 e. The van der Waals surface area contributed by atoms with Crippen molar-refractivity contribution in [3.63, 3.8) is 0 Å². The molecule has 0 bridgehead atoms. The Kier molecular flexibility index (Phi) is 2.07. The molecule has 0 radical (unpaired) electrons. The monoisotopic (exact) mass is 231 g/mol. The topological polar surface area (TPSA) is 66.6 Å². The van der Waals surface area contributed by atoms with Crippen molar-refractivity contribution in [1.82, 2.24) is 4.90 Å². The third-order valence-electron chi connectivity index (χ3n) is 3.13. The second-order valence-electron chi connectivity index (χ2n) is 4.46. The SMILES string of the molecule is Nc1ccc(N2C(=O)CN(C3CC3)C2=O)cc1. The fourth-order valence-corrected chi connectivity index (χ4v) is 2.07. The van der Waals surface area contributed by atoms with E-state index in [0.29, 0.717) is 11.4 Å². The molecular weight excluding hydrogens is 218 g/mol. The highest BCUT2D eigenvalue weighted by Gasteiger charge is 2.44. The van der Waals surface area contributed by atoms with E-state index >= 15 is 0 Å². The highest BCUT2D eigenvalue weighted by atomic mass is 16.2. The molecule has 1 aromatic rings. The van der Waals surface area contributed by atoms with E-state index in [1.54, 1.807) is 29.2 Å². The van der Waals surface area contributed by atoms with Gasteiger partial charge in [-0.15, -0.1) is 0 Å².